The van der Waals surface area contributed by atoms with E-state index in [1.807, 2.05) is 0 Å². The van der Waals surface area contributed by atoms with Gasteiger partial charge in [-0.25, -0.2) is 13.1 Å². The van der Waals surface area contributed by atoms with Crippen LogP contribution in [0.4, 0.5) is 0 Å². The van der Waals surface area contributed by atoms with Gasteiger partial charge in [0.25, 0.3) is 5.91 Å². The molecule has 6 heteroatoms. The van der Waals surface area contributed by atoms with Gasteiger partial charge in [-0.2, -0.15) is 0 Å². The fraction of sp³-hybridized carbons (Fsp3) is 0.588. The Morgan fingerprint density at radius 2 is 1.74 bits per heavy atom. The van der Waals surface area contributed by atoms with Crippen LogP contribution in [0.15, 0.2) is 29.2 Å². The smallest absolute Gasteiger partial charge is 0.251 e. The number of carbonyl (C=O) groups is 1. The van der Waals surface area contributed by atoms with Gasteiger partial charge < -0.3 is 5.32 Å². The molecule has 2 unspecified atom stereocenters. The molecule has 2 atom stereocenters. The second-order valence-electron chi connectivity index (χ2n) is 6.86. The summed E-state index contributed by atoms with van der Waals surface area (Å²) in [6.07, 6.45) is 6.22. The highest BCUT2D eigenvalue weighted by molar-refractivity contribution is 7.89. The minimum atomic E-state index is -3.46. The summed E-state index contributed by atoms with van der Waals surface area (Å²) in [5.41, 5.74) is 0.508. The van der Waals surface area contributed by atoms with Crippen molar-refractivity contribution in [2.24, 2.45) is 5.92 Å². The highest BCUT2D eigenvalue weighted by Gasteiger charge is 2.28. The fourth-order valence-corrected chi connectivity index (χ4v) is 4.41. The highest BCUT2D eigenvalue weighted by Crippen LogP contribution is 2.24. The third-order valence-electron chi connectivity index (χ3n) is 4.60. The van der Waals surface area contributed by atoms with Crippen LogP contribution in [0.1, 0.15) is 55.8 Å². The van der Waals surface area contributed by atoms with E-state index in [4.69, 9.17) is 0 Å². The van der Waals surface area contributed by atoms with Crippen LogP contribution in [0, 0.1) is 5.92 Å². The Morgan fingerprint density at radius 3 is 2.35 bits per heavy atom. The lowest BCUT2D eigenvalue weighted by molar-refractivity contribution is 0.0921. The van der Waals surface area contributed by atoms with Gasteiger partial charge in [-0.1, -0.05) is 19.8 Å². The van der Waals surface area contributed by atoms with Crippen molar-refractivity contribution in [1.82, 2.24) is 10.0 Å². The molecule has 0 radical (unpaired) electrons. The van der Waals surface area contributed by atoms with Crippen molar-refractivity contribution in [2.45, 2.75) is 62.4 Å². The molecule has 23 heavy (non-hydrogen) atoms. The lowest BCUT2D eigenvalue weighted by Gasteiger charge is -2.27. The zero-order valence-electron chi connectivity index (χ0n) is 13.4. The largest absolute Gasteiger partial charge is 0.349 e. The molecule has 1 amide bonds. The molecule has 2 aliphatic carbocycles. The third kappa shape index (κ3) is 4.32. The minimum absolute atomic E-state index is 0.0799. The third-order valence-corrected chi connectivity index (χ3v) is 6.13. The zero-order chi connectivity index (χ0) is 16.4. The first kappa shape index (κ1) is 16.5. The predicted octanol–water partition coefficient (Wildman–Crippen LogP) is 2.44. The predicted molar refractivity (Wildman–Crippen MR) is 88.7 cm³/mol. The molecule has 1 aromatic carbocycles. The Balaban J connectivity index is 1.63. The Hall–Kier alpha value is -1.40. The molecular formula is C17H24N2O3S. The lowest BCUT2D eigenvalue weighted by atomic mass is 9.87. The van der Waals surface area contributed by atoms with Crippen LogP contribution in [0.2, 0.25) is 0 Å². The molecule has 0 bridgehead atoms. The Bertz CT molecular complexity index is 666. The molecule has 0 heterocycles. The van der Waals surface area contributed by atoms with Crippen LogP contribution >= 0.6 is 0 Å². The molecule has 1 aromatic rings. The van der Waals surface area contributed by atoms with Crippen molar-refractivity contribution in [1.29, 1.82) is 0 Å². The van der Waals surface area contributed by atoms with E-state index < -0.39 is 10.0 Å². The van der Waals surface area contributed by atoms with Crippen LogP contribution in [-0.4, -0.2) is 26.4 Å². The number of carbonyl (C=O) groups excluding carboxylic acids is 1. The standard InChI is InChI=1S/C17H24N2O3S/c1-12-3-2-4-15(11-12)18-17(20)13-5-9-16(10-6-13)23(21,22)19-14-7-8-14/h5-6,9-10,12,14-15,19H,2-4,7-8,11H2,1H3,(H,18,20). The molecule has 2 fully saturated rings. The normalized spacial score (nSPS) is 25.1. The van der Waals surface area contributed by atoms with Crippen molar-refractivity contribution in [2.75, 3.05) is 0 Å². The summed E-state index contributed by atoms with van der Waals surface area (Å²) >= 11 is 0. The Morgan fingerprint density at radius 1 is 1.04 bits per heavy atom. The van der Waals surface area contributed by atoms with Gasteiger partial charge in [0.1, 0.15) is 0 Å². The topological polar surface area (TPSA) is 75.3 Å². The average Bonchev–Trinajstić information content (AvgIpc) is 3.30. The lowest BCUT2D eigenvalue weighted by Crippen LogP contribution is -2.38. The summed E-state index contributed by atoms with van der Waals surface area (Å²) < 4.78 is 26.8. The second-order valence-corrected chi connectivity index (χ2v) is 8.58. The van der Waals surface area contributed by atoms with Crippen molar-refractivity contribution in [3.63, 3.8) is 0 Å². The molecule has 2 N–H and O–H groups in total. The maximum atomic E-state index is 12.3. The first-order valence-electron chi connectivity index (χ1n) is 8.37. The number of rotatable bonds is 5. The van der Waals surface area contributed by atoms with Crippen LogP contribution in [-0.2, 0) is 10.0 Å². The summed E-state index contributed by atoms with van der Waals surface area (Å²) in [6.45, 7) is 2.21. The number of nitrogens with one attached hydrogen (secondary N) is 2. The molecule has 0 aromatic heterocycles. The number of hydrogen-bond acceptors (Lipinski definition) is 3. The second kappa shape index (κ2) is 6.61. The maximum Gasteiger partial charge on any atom is 0.251 e. The van der Waals surface area contributed by atoms with E-state index in [0.717, 1.165) is 32.1 Å². The van der Waals surface area contributed by atoms with Gasteiger partial charge in [0, 0.05) is 17.6 Å². The van der Waals surface area contributed by atoms with Gasteiger partial charge in [-0.15, -0.1) is 0 Å². The van der Waals surface area contributed by atoms with Gasteiger partial charge in [0.05, 0.1) is 4.90 Å². The van der Waals surface area contributed by atoms with Crippen LogP contribution < -0.4 is 10.0 Å². The Kier molecular flexibility index (Phi) is 4.73. The van der Waals surface area contributed by atoms with Crippen LogP contribution in [0.5, 0.6) is 0 Å². The van der Waals surface area contributed by atoms with E-state index in [1.54, 1.807) is 12.1 Å². The Labute approximate surface area is 137 Å². The van der Waals surface area contributed by atoms with Crippen LogP contribution in [0.3, 0.4) is 0 Å². The van der Waals surface area contributed by atoms with Gasteiger partial charge in [0.2, 0.25) is 10.0 Å². The van der Waals surface area contributed by atoms with E-state index in [9.17, 15) is 13.2 Å². The minimum Gasteiger partial charge on any atom is -0.349 e. The summed E-state index contributed by atoms with van der Waals surface area (Å²) in [6, 6.07) is 6.49. The maximum absolute atomic E-state index is 12.3. The van der Waals surface area contributed by atoms with E-state index in [-0.39, 0.29) is 22.9 Å². The number of sulfonamides is 1. The molecule has 2 saturated carbocycles. The first-order chi connectivity index (χ1) is 10.9. The van der Waals surface area contributed by atoms with E-state index in [0.29, 0.717) is 11.5 Å². The van der Waals surface area contributed by atoms with Gasteiger partial charge >= 0.3 is 0 Å². The van der Waals surface area contributed by atoms with Gasteiger partial charge in [0.15, 0.2) is 0 Å². The molecule has 2 aliphatic rings. The van der Waals surface area contributed by atoms with E-state index in [2.05, 4.69) is 17.0 Å². The molecule has 5 nitrogen and oxygen atoms in total. The molecule has 0 spiro atoms. The quantitative estimate of drug-likeness (QED) is 0.867. The monoisotopic (exact) mass is 336 g/mol. The molecule has 3 rings (SSSR count). The summed E-state index contributed by atoms with van der Waals surface area (Å²) in [4.78, 5) is 12.5. The summed E-state index contributed by atoms with van der Waals surface area (Å²) in [5, 5.41) is 3.06. The number of benzene rings is 1. The van der Waals surface area contributed by atoms with Crippen LogP contribution in [0.25, 0.3) is 0 Å². The molecule has 0 saturated heterocycles. The zero-order valence-corrected chi connectivity index (χ0v) is 14.2. The first-order valence-corrected chi connectivity index (χ1v) is 9.85. The SMILES string of the molecule is CC1CCCC(NC(=O)c2ccc(S(=O)(=O)NC3CC3)cc2)C1. The van der Waals surface area contributed by atoms with E-state index in [1.165, 1.54) is 18.6 Å². The molecular weight excluding hydrogens is 312 g/mol. The summed E-state index contributed by atoms with van der Waals surface area (Å²) in [5.74, 6) is 0.526. The van der Waals surface area contributed by atoms with Gasteiger partial charge in [-0.3, -0.25) is 4.79 Å². The molecule has 0 aliphatic heterocycles. The average molecular weight is 336 g/mol. The van der Waals surface area contributed by atoms with Crippen molar-refractivity contribution < 1.29 is 13.2 Å². The number of amides is 1. The van der Waals surface area contributed by atoms with E-state index >= 15 is 0 Å². The molecule has 126 valence electrons. The van der Waals surface area contributed by atoms with Crippen molar-refractivity contribution in [3.8, 4) is 0 Å². The van der Waals surface area contributed by atoms with Gasteiger partial charge in [-0.05, 0) is 55.9 Å². The highest BCUT2D eigenvalue weighted by atomic mass is 32.2. The van der Waals surface area contributed by atoms with Crippen molar-refractivity contribution >= 4 is 15.9 Å². The van der Waals surface area contributed by atoms with Crippen molar-refractivity contribution in [3.05, 3.63) is 29.8 Å². The summed E-state index contributed by atoms with van der Waals surface area (Å²) in [7, 11) is -3.46. The fourth-order valence-electron chi connectivity index (χ4n) is 3.11. The number of hydrogen-bond donors (Lipinski definition) is 2.